The minimum absolute atomic E-state index is 1.05. The maximum absolute atomic E-state index is 3.90. The topological polar surface area (TPSA) is 0 Å². The van der Waals surface area contributed by atoms with Gasteiger partial charge in [0.25, 0.3) is 0 Å². The molecule has 0 nitrogen and oxygen atoms in total. The molecule has 0 bridgehead atoms. The molecular formula is C6H18PSi2. The standard InChI is InChI=1S/C6H18PSi2/c1-7(2,3,4)9(5,6)8/h1-6H3. The van der Waals surface area contributed by atoms with Crippen molar-refractivity contribution >= 4 is 23.2 Å². The Balaban J connectivity index is 4.56. The summed E-state index contributed by atoms with van der Waals surface area (Å²) in [7, 11) is 2.86. The molecule has 0 aliphatic rings. The summed E-state index contributed by atoms with van der Waals surface area (Å²) in [5.41, 5.74) is 0. The summed E-state index contributed by atoms with van der Waals surface area (Å²) in [5, 5.41) is 0. The van der Waals surface area contributed by atoms with Crippen molar-refractivity contribution in [2.24, 2.45) is 0 Å². The van der Waals surface area contributed by atoms with Crippen LogP contribution in [0.5, 0.6) is 0 Å². The van der Waals surface area contributed by atoms with E-state index in [1.54, 1.807) is 0 Å². The molecule has 0 rings (SSSR count). The predicted octanol–water partition coefficient (Wildman–Crippen LogP) is 1.93. The van der Waals surface area contributed by atoms with Crippen molar-refractivity contribution in [3.63, 3.8) is 0 Å². The van der Waals surface area contributed by atoms with E-state index in [0.29, 0.717) is 0 Å². The van der Waals surface area contributed by atoms with Crippen molar-refractivity contribution in [1.82, 2.24) is 0 Å². The second-order valence-corrected chi connectivity index (χ2v) is 29.1. The molecule has 0 amide bonds. The van der Waals surface area contributed by atoms with E-state index in [0.717, 1.165) is 0 Å². The maximum atomic E-state index is 3.90. The Labute approximate surface area is 63.4 Å². The van der Waals surface area contributed by atoms with E-state index in [1.807, 2.05) is 0 Å². The van der Waals surface area contributed by atoms with E-state index in [-0.39, 0.29) is 0 Å². The Kier molecular flexibility index (Phi) is 2.11. The molecular weight excluding hydrogens is 159 g/mol. The van der Waals surface area contributed by atoms with Crippen molar-refractivity contribution in [2.75, 3.05) is 26.7 Å². The summed E-state index contributed by atoms with van der Waals surface area (Å²) >= 11 is 0. The van der Waals surface area contributed by atoms with Gasteiger partial charge in [0, 0.05) is 0 Å². The van der Waals surface area contributed by atoms with Crippen molar-refractivity contribution < 1.29 is 0 Å². The molecule has 0 aliphatic heterocycles. The zero-order valence-electron chi connectivity index (χ0n) is 7.45. The molecule has 0 atom stereocenters. The van der Waals surface area contributed by atoms with Gasteiger partial charge in [-0.2, -0.15) is 0 Å². The van der Waals surface area contributed by atoms with Gasteiger partial charge in [0.1, 0.15) is 0 Å². The molecule has 0 aromatic heterocycles. The van der Waals surface area contributed by atoms with E-state index in [4.69, 9.17) is 0 Å². The van der Waals surface area contributed by atoms with Gasteiger partial charge in [-0.15, -0.1) is 0 Å². The second kappa shape index (κ2) is 1.93. The first-order valence-electron chi connectivity index (χ1n) is 3.26. The fourth-order valence-corrected chi connectivity index (χ4v) is 0. The van der Waals surface area contributed by atoms with Crippen LogP contribution < -0.4 is 0 Å². The van der Waals surface area contributed by atoms with Gasteiger partial charge in [-0.05, 0) is 0 Å². The summed E-state index contributed by atoms with van der Waals surface area (Å²) in [5.74, 6) is 0. The molecule has 9 heavy (non-hydrogen) atoms. The SMILES string of the molecule is C[Si](C)([Si])P(C)(C)(C)C. The monoisotopic (exact) mass is 177 g/mol. The van der Waals surface area contributed by atoms with Gasteiger partial charge in [0.2, 0.25) is 0 Å². The molecule has 0 fully saturated rings. The zero-order valence-corrected chi connectivity index (χ0v) is 10.3. The summed E-state index contributed by atoms with van der Waals surface area (Å²) in [6, 6.07) is 0. The van der Waals surface area contributed by atoms with Crippen LogP contribution in [0.2, 0.25) is 13.1 Å². The van der Waals surface area contributed by atoms with Crippen molar-refractivity contribution in [2.45, 2.75) is 13.1 Å². The summed E-state index contributed by atoms with van der Waals surface area (Å²) in [6.07, 6.45) is -1.26. The van der Waals surface area contributed by atoms with Crippen molar-refractivity contribution in [3.05, 3.63) is 0 Å². The first-order valence-corrected chi connectivity index (χ1v) is 12.6. The van der Waals surface area contributed by atoms with Gasteiger partial charge in [-0.3, -0.25) is 0 Å². The van der Waals surface area contributed by atoms with Crippen LogP contribution in [0.15, 0.2) is 0 Å². The van der Waals surface area contributed by atoms with Crippen LogP contribution >= 0.6 is 6.15 Å². The minimum atomic E-state index is -1.26. The third-order valence-electron chi connectivity index (χ3n) is 2.24. The van der Waals surface area contributed by atoms with Gasteiger partial charge in [0.15, 0.2) is 0 Å². The molecule has 0 aromatic carbocycles. The van der Waals surface area contributed by atoms with Crippen LogP contribution in [-0.2, 0) is 0 Å². The average molecular weight is 177 g/mol. The van der Waals surface area contributed by atoms with Crippen LogP contribution in [-0.4, -0.2) is 43.7 Å². The summed E-state index contributed by atoms with van der Waals surface area (Å²) in [4.78, 5) is 0. The number of hydrogen-bond acceptors (Lipinski definition) is 0. The molecule has 0 spiro atoms. The van der Waals surface area contributed by atoms with Crippen LogP contribution in [0.3, 0.4) is 0 Å². The van der Waals surface area contributed by atoms with E-state index >= 15 is 0 Å². The molecule has 0 N–H and O–H groups in total. The van der Waals surface area contributed by atoms with Crippen LogP contribution in [0, 0.1) is 0 Å². The Bertz CT molecular complexity index is 106. The fourth-order valence-electron chi connectivity index (χ4n) is 0. The first-order chi connectivity index (χ1) is 3.51. The Morgan fingerprint density at radius 2 is 1.11 bits per heavy atom. The third kappa shape index (κ3) is 2.52. The third-order valence-corrected chi connectivity index (χ3v) is 28.2. The van der Waals surface area contributed by atoms with E-state index in [2.05, 4.69) is 49.5 Å². The quantitative estimate of drug-likeness (QED) is 0.424. The molecule has 0 heterocycles. The normalized spacial score (nSPS) is 18.8. The Morgan fingerprint density at radius 1 is 1.00 bits per heavy atom. The van der Waals surface area contributed by atoms with Crippen LogP contribution in [0.4, 0.5) is 0 Å². The number of hydrogen-bond donors (Lipinski definition) is 0. The molecule has 55 valence electrons. The molecule has 0 unspecified atom stereocenters. The predicted molar refractivity (Wildman–Crippen MR) is 53.9 cm³/mol. The van der Waals surface area contributed by atoms with Gasteiger partial charge in [0.05, 0.1) is 0 Å². The zero-order chi connectivity index (χ0) is 7.95. The van der Waals surface area contributed by atoms with Crippen LogP contribution in [0.1, 0.15) is 0 Å². The van der Waals surface area contributed by atoms with Crippen LogP contribution in [0.25, 0.3) is 0 Å². The molecule has 0 aliphatic carbocycles. The van der Waals surface area contributed by atoms with Crippen molar-refractivity contribution in [3.8, 4) is 0 Å². The Hall–Kier alpha value is 0.864. The van der Waals surface area contributed by atoms with Gasteiger partial charge in [-0.25, -0.2) is 0 Å². The Morgan fingerprint density at radius 3 is 1.11 bits per heavy atom. The average Bonchev–Trinajstić information content (AvgIpc) is 1.20. The molecule has 0 saturated carbocycles. The molecule has 0 aromatic rings. The van der Waals surface area contributed by atoms with Crippen molar-refractivity contribution in [1.29, 1.82) is 0 Å². The molecule has 0 saturated heterocycles. The molecule has 3 heteroatoms. The summed E-state index contributed by atoms with van der Waals surface area (Å²) in [6.45, 7) is 14.5. The van der Waals surface area contributed by atoms with Gasteiger partial charge < -0.3 is 0 Å². The first kappa shape index (κ1) is 9.86. The second-order valence-electron chi connectivity index (χ2n) is 5.14. The number of rotatable bonds is 1. The fraction of sp³-hybridized carbons (Fsp3) is 1.00. The van der Waals surface area contributed by atoms with Gasteiger partial charge in [-0.1, -0.05) is 0 Å². The summed E-state index contributed by atoms with van der Waals surface area (Å²) < 4.78 is 0. The van der Waals surface area contributed by atoms with E-state index < -0.39 is 13.4 Å². The van der Waals surface area contributed by atoms with Gasteiger partial charge >= 0.3 is 62.9 Å². The molecule has 3 radical (unpaired) electrons. The van der Waals surface area contributed by atoms with E-state index in [9.17, 15) is 0 Å². The van der Waals surface area contributed by atoms with E-state index in [1.165, 1.54) is 0 Å².